The number of thioether (sulfide) groups is 1. The molecule has 1 spiro atoms. The van der Waals surface area contributed by atoms with E-state index in [0.717, 1.165) is 35.7 Å². The molecule has 0 radical (unpaired) electrons. The Labute approximate surface area is 232 Å². The third kappa shape index (κ3) is 4.19. The van der Waals surface area contributed by atoms with E-state index in [1.165, 1.54) is 11.8 Å². The monoisotopic (exact) mass is 546 g/mol. The van der Waals surface area contributed by atoms with Crippen molar-refractivity contribution in [1.29, 1.82) is 0 Å². The lowest BCUT2D eigenvalue weighted by Gasteiger charge is -2.38. The molecule has 2 amide bonds. The first-order valence-corrected chi connectivity index (χ1v) is 14.8. The van der Waals surface area contributed by atoms with E-state index < -0.39 is 28.7 Å². The SMILES string of the molecule is CC[C@@H](CO)N1C(=O)[C@@H]2[C@@H]3C(=O)OCCCC/C=C\[C@@H]3S[C@@]23C=CCN(c2ccc4ccccc4c2)C(=O)C13. The molecule has 6 atom stereocenters. The Bertz CT molecular complexity index is 1350. The average molecular weight is 547 g/mol. The minimum Gasteiger partial charge on any atom is -0.465 e. The standard InChI is InChI=1S/C31H34N2O5S/c1-2-22(19-34)33-27-29(36)32(23-14-13-20-10-6-7-11-21(20)18-23)16-9-15-31(27)26(28(33)35)25-24(39-31)12-5-3-4-8-17-38-30(25)37/h5-7,9-15,18,22,24-27,34H,2-4,8,16-17,19H2,1H3/b12-5-/t22-,24-,25+,26-,27?,31-/m0/s1. The minimum absolute atomic E-state index is 0.188. The number of aliphatic hydroxyl groups is 1. The molecular formula is C31H34N2O5S. The predicted octanol–water partition coefficient (Wildman–Crippen LogP) is 4.09. The largest absolute Gasteiger partial charge is 0.465 e. The highest BCUT2D eigenvalue weighted by atomic mass is 32.2. The van der Waals surface area contributed by atoms with Gasteiger partial charge < -0.3 is 19.6 Å². The summed E-state index contributed by atoms with van der Waals surface area (Å²) in [6.07, 6.45) is 11.2. The van der Waals surface area contributed by atoms with Crippen molar-refractivity contribution < 1.29 is 24.2 Å². The number of benzene rings is 2. The summed E-state index contributed by atoms with van der Waals surface area (Å²) in [6, 6.07) is 12.6. The van der Waals surface area contributed by atoms with Crippen molar-refractivity contribution in [3.63, 3.8) is 0 Å². The normalized spacial score (nSPS) is 32.3. The number of hydrogen-bond donors (Lipinski definition) is 1. The second kappa shape index (κ2) is 10.5. The molecule has 1 N–H and O–H groups in total. The fourth-order valence-electron chi connectivity index (χ4n) is 6.74. The summed E-state index contributed by atoms with van der Waals surface area (Å²) in [4.78, 5) is 45.7. The van der Waals surface area contributed by atoms with E-state index in [4.69, 9.17) is 4.74 Å². The molecule has 0 bridgehead atoms. The first kappa shape index (κ1) is 26.1. The lowest BCUT2D eigenvalue weighted by atomic mass is 9.78. The van der Waals surface area contributed by atoms with E-state index in [0.29, 0.717) is 19.6 Å². The Morgan fingerprint density at radius 1 is 1.08 bits per heavy atom. The Morgan fingerprint density at radius 3 is 2.69 bits per heavy atom. The molecule has 0 saturated carbocycles. The fraction of sp³-hybridized carbons (Fsp3) is 0.452. The fourth-order valence-corrected chi connectivity index (χ4v) is 8.73. The van der Waals surface area contributed by atoms with Crippen molar-refractivity contribution >= 4 is 46.0 Å². The molecule has 0 aliphatic carbocycles. The highest BCUT2D eigenvalue weighted by molar-refractivity contribution is 8.02. The Morgan fingerprint density at radius 2 is 1.90 bits per heavy atom. The number of anilines is 1. The van der Waals surface area contributed by atoms with Gasteiger partial charge >= 0.3 is 5.97 Å². The van der Waals surface area contributed by atoms with Gasteiger partial charge in [0.15, 0.2) is 0 Å². The number of carbonyl (C=O) groups is 3. The number of ether oxygens (including phenoxy) is 1. The topological polar surface area (TPSA) is 87.2 Å². The molecule has 4 heterocycles. The van der Waals surface area contributed by atoms with Gasteiger partial charge in [0, 0.05) is 17.5 Å². The maximum absolute atomic E-state index is 14.6. The predicted molar refractivity (Wildman–Crippen MR) is 152 cm³/mol. The first-order valence-electron chi connectivity index (χ1n) is 13.9. The highest BCUT2D eigenvalue weighted by Crippen LogP contribution is 2.61. The van der Waals surface area contributed by atoms with Gasteiger partial charge in [0.2, 0.25) is 5.91 Å². The van der Waals surface area contributed by atoms with Crippen molar-refractivity contribution in [2.24, 2.45) is 11.8 Å². The lowest BCUT2D eigenvalue weighted by molar-refractivity contribution is -0.153. The quantitative estimate of drug-likeness (QED) is 0.459. The van der Waals surface area contributed by atoms with Crippen LogP contribution in [0.2, 0.25) is 0 Å². The zero-order chi connectivity index (χ0) is 27.1. The van der Waals surface area contributed by atoms with Crippen LogP contribution in [0.5, 0.6) is 0 Å². The molecular weight excluding hydrogens is 512 g/mol. The smallest absolute Gasteiger partial charge is 0.311 e. The van der Waals surface area contributed by atoms with Crippen LogP contribution in [0.15, 0.2) is 66.8 Å². The highest BCUT2D eigenvalue weighted by Gasteiger charge is 2.71. The van der Waals surface area contributed by atoms with Gasteiger partial charge in [0.25, 0.3) is 5.91 Å². The van der Waals surface area contributed by atoms with Crippen molar-refractivity contribution in [2.75, 3.05) is 24.7 Å². The molecule has 6 rings (SSSR count). The number of amides is 2. The number of aliphatic hydroxyl groups excluding tert-OH is 1. The van der Waals surface area contributed by atoms with Gasteiger partial charge in [-0.3, -0.25) is 14.4 Å². The number of hydrogen-bond acceptors (Lipinski definition) is 6. The van der Waals surface area contributed by atoms with Crippen molar-refractivity contribution in [3.05, 3.63) is 66.8 Å². The molecule has 7 nitrogen and oxygen atoms in total. The summed E-state index contributed by atoms with van der Waals surface area (Å²) in [7, 11) is 0. The number of rotatable bonds is 4. The van der Waals surface area contributed by atoms with E-state index in [2.05, 4.69) is 6.08 Å². The molecule has 2 fully saturated rings. The van der Waals surface area contributed by atoms with Crippen LogP contribution >= 0.6 is 11.8 Å². The second-order valence-electron chi connectivity index (χ2n) is 10.8. The number of esters is 1. The summed E-state index contributed by atoms with van der Waals surface area (Å²) in [6.45, 7) is 2.34. The zero-order valence-corrected chi connectivity index (χ0v) is 22.9. The van der Waals surface area contributed by atoms with E-state index in [-0.39, 0.29) is 29.6 Å². The molecule has 4 aliphatic rings. The lowest BCUT2D eigenvalue weighted by Crippen LogP contribution is -2.56. The Hall–Kier alpha value is -3.10. The average Bonchev–Trinajstić information content (AvgIpc) is 3.34. The molecule has 1 unspecified atom stereocenters. The summed E-state index contributed by atoms with van der Waals surface area (Å²) < 4.78 is 4.74. The molecule has 2 saturated heterocycles. The van der Waals surface area contributed by atoms with Gasteiger partial charge in [-0.1, -0.05) is 61.6 Å². The van der Waals surface area contributed by atoms with Gasteiger partial charge in [-0.05, 0) is 48.6 Å². The Balaban J connectivity index is 1.47. The van der Waals surface area contributed by atoms with Gasteiger partial charge in [0.05, 0.1) is 35.8 Å². The number of cyclic esters (lactones) is 1. The number of allylic oxidation sites excluding steroid dienone is 1. The maximum atomic E-state index is 14.6. The van der Waals surface area contributed by atoms with Crippen LogP contribution in [0.1, 0.15) is 32.6 Å². The van der Waals surface area contributed by atoms with Crippen LogP contribution < -0.4 is 4.90 Å². The van der Waals surface area contributed by atoms with Crippen molar-refractivity contribution in [1.82, 2.24) is 4.90 Å². The summed E-state index contributed by atoms with van der Waals surface area (Å²) in [5.74, 6) is -2.24. The zero-order valence-electron chi connectivity index (χ0n) is 22.1. The van der Waals surface area contributed by atoms with Crippen LogP contribution in [-0.4, -0.2) is 69.6 Å². The molecule has 4 aliphatic heterocycles. The van der Waals surface area contributed by atoms with Crippen LogP contribution in [0.3, 0.4) is 0 Å². The summed E-state index contributed by atoms with van der Waals surface area (Å²) in [5, 5.41) is 12.1. The van der Waals surface area contributed by atoms with Gasteiger partial charge in [-0.25, -0.2) is 0 Å². The van der Waals surface area contributed by atoms with Gasteiger partial charge in [0.1, 0.15) is 6.04 Å². The molecule has 2 aromatic rings. The van der Waals surface area contributed by atoms with E-state index >= 15 is 0 Å². The first-order chi connectivity index (χ1) is 19.0. The van der Waals surface area contributed by atoms with Crippen LogP contribution in [0.25, 0.3) is 10.8 Å². The van der Waals surface area contributed by atoms with Gasteiger partial charge in [-0.2, -0.15) is 0 Å². The van der Waals surface area contributed by atoms with E-state index in [9.17, 15) is 19.5 Å². The summed E-state index contributed by atoms with van der Waals surface area (Å²) >= 11 is 1.54. The maximum Gasteiger partial charge on any atom is 0.311 e. The number of fused-ring (bicyclic) bond motifs is 3. The third-order valence-electron chi connectivity index (χ3n) is 8.66. The van der Waals surface area contributed by atoms with Gasteiger partial charge in [-0.15, -0.1) is 11.8 Å². The van der Waals surface area contributed by atoms with Crippen molar-refractivity contribution in [2.45, 2.75) is 54.7 Å². The van der Waals surface area contributed by atoms with E-state index in [1.807, 2.05) is 67.6 Å². The number of likely N-dealkylation sites (tertiary alicyclic amines) is 1. The van der Waals surface area contributed by atoms with Crippen LogP contribution in [0.4, 0.5) is 5.69 Å². The van der Waals surface area contributed by atoms with Crippen molar-refractivity contribution in [3.8, 4) is 0 Å². The molecule has 8 heteroatoms. The minimum atomic E-state index is -0.935. The molecule has 39 heavy (non-hydrogen) atoms. The second-order valence-corrected chi connectivity index (χ2v) is 12.3. The molecule has 0 aromatic heterocycles. The third-order valence-corrected chi connectivity index (χ3v) is 10.4. The molecule has 204 valence electrons. The Kier molecular flexibility index (Phi) is 7.02. The van der Waals surface area contributed by atoms with Crippen LogP contribution in [-0.2, 0) is 19.1 Å². The number of carbonyl (C=O) groups excluding carboxylic acids is 3. The van der Waals surface area contributed by atoms with Crippen LogP contribution in [0, 0.1) is 11.8 Å². The summed E-state index contributed by atoms with van der Waals surface area (Å²) in [5.41, 5.74) is 0.759. The molecule has 2 aromatic carbocycles. The van der Waals surface area contributed by atoms with E-state index in [1.54, 1.807) is 9.80 Å². The number of nitrogens with zero attached hydrogens (tertiary/aromatic N) is 2.